The summed E-state index contributed by atoms with van der Waals surface area (Å²) in [4.78, 5) is 9.91. The minimum absolute atomic E-state index is 0.103. The van der Waals surface area contributed by atoms with Crippen molar-refractivity contribution in [2.75, 3.05) is 13.1 Å². The van der Waals surface area contributed by atoms with Gasteiger partial charge in [-0.2, -0.15) is 4.52 Å². The van der Waals surface area contributed by atoms with Gasteiger partial charge in [-0.25, -0.2) is 4.98 Å². The lowest BCUT2D eigenvalue weighted by atomic mass is 9.98. The van der Waals surface area contributed by atoms with E-state index in [9.17, 15) is 5.11 Å². The van der Waals surface area contributed by atoms with Crippen LogP contribution in [0.5, 0.6) is 5.88 Å². The fourth-order valence-electron chi connectivity index (χ4n) is 3.41. The third-order valence-electron chi connectivity index (χ3n) is 4.42. The molecular formula is C16H20N4OS2. The predicted octanol–water partition coefficient (Wildman–Crippen LogP) is 3.69. The van der Waals surface area contributed by atoms with Gasteiger partial charge in [0.15, 0.2) is 0 Å². The second-order valence-corrected chi connectivity index (χ2v) is 8.29. The smallest absolute Gasteiger partial charge is 0.230 e. The van der Waals surface area contributed by atoms with Crippen molar-refractivity contribution in [3.05, 3.63) is 33.1 Å². The van der Waals surface area contributed by atoms with Crippen LogP contribution in [0.3, 0.4) is 0 Å². The standard InChI is InChI=1S/C16H20N4OS2/c1-10-5-3-7-19(9-10)13(12-6-4-8-22-12)14-15(21)20-16(23-14)17-11(2)18-20/h4,6,8,10,13,21H,3,5,7,9H2,1-2H3/t10-,13-/m0/s1. The molecule has 1 saturated heterocycles. The third-order valence-corrected chi connectivity index (χ3v) is 6.42. The molecule has 1 aliphatic heterocycles. The zero-order valence-corrected chi connectivity index (χ0v) is 14.9. The SMILES string of the molecule is Cc1nc2sc([C@H](c3cccs3)N3CCC[C@H](C)C3)c(O)n2n1. The quantitative estimate of drug-likeness (QED) is 0.784. The largest absolute Gasteiger partial charge is 0.492 e. The van der Waals surface area contributed by atoms with Gasteiger partial charge in [0.1, 0.15) is 5.82 Å². The Morgan fingerprint density at radius 1 is 1.43 bits per heavy atom. The van der Waals surface area contributed by atoms with E-state index in [0.717, 1.165) is 22.9 Å². The van der Waals surface area contributed by atoms with Gasteiger partial charge in [-0.15, -0.1) is 16.4 Å². The molecule has 1 aliphatic rings. The highest BCUT2D eigenvalue weighted by molar-refractivity contribution is 7.17. The van der Waals surface area contributed by atoms with Crippen molar-refractivity contribution in [2.24, 2.45) is 5.92 Å². The van der Waals surface area contributed by atoms with Crippen LogP contribution in [-0.2, 0) is 0 Å². The number of aromatic nitrogens is 3. The van der Waals surface area contributed by atoms with Crippen LogP contribution in [0, 0.1) is 12.8 Å². The van der Waals surface area contributed by atoms with Crippen molar-refractivity contribution in [1.29, 1.82) is 0 Å². The first kappa shape index (κ1) is 15.1. The van der Waals surface area contributed by atoms with Crippen LogP contribution in [0.1, 0.15) is 41.4 Å². The van der Waals surface area contributed by atoms with E-state index in [1.165, 1.54) is 17.7 Å². The predicted molar refractivity (Wildman–Crippen MR) is 93.4 cm³/mol. The van der Waals surface area contributed by atoms with Gasteiger partial charge >= 0.3 is 0 Å². The monoisotopic (exact) mass is 348 g/mol. The summed E-state index contributed by atoms with van der Waals surface area (Å²) in [5.74, 6) is 1.62. The Kier molecular flexibility index (Phi) is 3.87. The van der Waals surface area contributed by atoms with Gasteiger partial charge in [-0.3, -0.25) is 4.90 Å². The highest BCUT2D eigenvalue weighted by atomic mass is 32.1. The molecule has 5 nitrogen and oxygen atoms in total. The highest BCUT2D eigenvalue weighted by Gasteiger charge is 2.32. The number of fused-ring (bicyclic) bond motifs is 1. The van der Waals surface area contributed by atoms with Crippen LogP contribution >= 0.6 is 22.7 Å². The number of likely N-dealkylation sites (tertiary alicyclic amines) is 1. The van der Waals surface area contributed by atoms with Gasteiger partial charge in [0.2, 0.25) is 10.8 Å². The molecule has 2 atom stereocenters. The number of thiophene rings is 1. The summed E-state index contributed by atoms with van der Waals surface area (Å²) in [6.45, 7) is 6.29. The molecule has 4 heterocycles. The zero-order valence-electron chi connectivity index (χ0n) is 13.3. The number of aryl methyl sites for hydroxylation is 1. The molecule has 3 aromatic heterocycles. The minimum atomic E-state index is 0.103. The Morgan fingerprint density at radius 3 is 3.00 bits per heavy atom. The van der Waals surface area contributed by atoms with E-state index in [1.807, 2.05) is 6.92 Å². The Hall–Kier alpha value is -1.44. The Balaban J connectivity index is 1.80. The van der Waals surface area contributed by atoms with Crippen LogP contribution < -0.4 is 0 Å². The minimum Gasteiger partial charge on any atom is -0.492 e. The number of piperidine rings is 1. The number of thiazole rings is 1. The van der Waals surface area contributed by atoms with Crippen LogP contribution in [0.4, 0.5) is 0 Å². The molecule has 0 spiro atoms. The van der Waals surface area contributed by atoms with Crippen molar-refractivity contribution >= 4 is 27.6 Å². The van der Waals surface area contributed by atoms with E-state index in [0.29, 0.717) is 11.7 Å². The Bertz CT molecular complexity index is 808. The average Bonchev–Trinajstić information content (AvgIpc) is 3.21. The van der Waals surface area contributed by atoms with Gasteiger partial charge in [0.25, 0.3) is 0 Å². The topological polar surface area (TPSA) is 53.7 Å². The van der Waals surface area contributed by atoms with E-state index in [-0.39, 0.29) is 11.9 Å². The van der Waals surface area contributed by atoms with Gasteiger partial charge in [0.05, 0.1) is 10.9 Å². The van der Waals surface area contributed by atoms with E-state index in [1.54, 1.807) is 27.2 Å². The highest BCUT2D eigenvalue weighted by Crippen LogP contribution is 2.42. The van der Waals surface area contributed by atoms with Crippen molar-refractivity contribution < 1.29 is 5.11 Å². The molecule has 0 aliphatic carbocycles. The molecule has 122 valence electrons. The summed E-state index contributed by atoms with van der Waals surface area (Å²) >= 11 is 3.30. The van der Waals surface area contributed by atoms with Crippen LogP contribution in [0.2, 0.25) is 0 Å². The Labute approximate surface area is 143 Å². The molecule has 0 unspecified atom stereocenters. The van der Waals surface area contributed by atoms with Crippen LogP contribution in [0.15, 0.2) is 17.5 Å². The number of nitrogens with zero attached hydrogens (tertiary/aromatic N) is 4. The van der Waals surface area contributed by atoms with Gasteiger partial charge < -0.3 is 5.11 Å². The lowest BCUT2D eigenvalue weighted by Crippen LogP contribution is -2.37. The summed E-state index contributed by atoms with van der Waals surface area (Å²) in [5, 5.41) is 17.1. The van der Waals surface area contributed by atoms with Crippen molar-refractivity contribution in [1.82, 2.24) is 19.5 Å². The first-order valence-electron chi connectivity index (χ1n) is 7.96. The molecule has 7 heteroatoms. The average molecular weight is 348 g/mol. The molecular weight excluding hydrogens is 328 g/mol. The maximum Gasteiger partial charge on any atom is 0.230 e. The fraction of sp³-hybridized carbons (Fsp3) is 0.500. The summed E-state index contributed by atoms with van der Waals surface area (Å²) in [5.41, 5.74) is 0. The van der Waals surface area contributed by atoms with E-state index >= 15 is 0 Å². The molecule has 0 bridgehead atoms. The molecule has 0 amide bonds. The van der Waals surface area contributed by atoms with E-state index in [2.05, 4.69) is 39.4 Å². The molecule has 1 fully saturated rings. The molecule has 23 heavy (non-hydrogen) atoms. The number of aromatic hydroxyl groups is 1. The van der Waals surface area contributed by atoms with Gasteiger partial charge in [-0.1, -0.05) is 24.3 Å². The lowest BCUT2D eigenvalue weighted by molar-refractivity contribution is 0.150. The maximum absolute atomic E-state index is 10.7. The summed E-state index contributed by atoms with van der Waals surface area (Å²) < 4.78 is 1.57. The van der Waals surface area contributed by atoms with Gasteiger partial charge in [0, 0.05) is 11.4 Å². The van der Waals surface area contributed by atoms with Crippen LogP contribution in [-0.4, -0.2) is 37.7 Å². The first-order valence-corrected chi connectivity index (χ1v) is 9.65. The van der Waals surface area contributed by atoms with Gasteiger partial charge in [-0.05, 0) is 43.7 Å². The van der Waals surface area contributed by atoms with E-state index < -0.39 is 0 Å². The molecule has 3 aromatic rings. The molecule has 0 aromatic carbocycles. The second-order valence-electron chi connectivity index (χ2n) is 6.30. The normalized spacial score (nSPS) is 21.0. The Morgan fingerprint density at radius 2 is 2.30 bits per heavy atom. The molecule has 1 N–H and O–H groups in total. The van der Waals surface area contributed by atoms with Crippen molar-refractivity contribution in [2.45, 2.75) is 32.7 Å². The fourth-order valence-corrected chi connectivity index (χ4v) is 5.50. The maximum atomic E-state index is 10.7. The summed E-state index contributed by atoms with van der Waals surface area (Å²) in [7, 11) is 0. The number of hydrogen-bond acceptors (Lipinski definition) is 6. The summed E-state index contributed by atoms with van der Waals surface area (Å²) in [6, 6.07) is 4.35. The third kappa shape index (κ3) is 2.66. The molecule has 0 saturated carbocycles. The number of hydrogen-bond donors (Lipinski definition) is 1. The molecule has 4 rings (SSSR count). The summed E-state index contributed by atoms with van der Waals surface area (Å²) in [6.07, 6.45) is 2.50. The van der Waals surface area contributed by atoms with Crippen LogP contribution in [0.25, 0.3) is 4.96 Å². The first-order chi connectivity index (χ1) is 11.1. The van der Waals surface area contributed by atoms with Crippen molar-refractivity contribution in [3.8, 4) is 5.88 Å². The lowest BCUT2D eigenvalue weighted by Gasteiger charge is -2.36. The van der Waals surface area contributed by atoms with E-state index in [4.69, 9.17) is 0 Å². The molecule has 0 radical (unpaired) electrons. The second kappa shape index (κ2) is 5.89. The van der Waals surface area contributed by atoms with Crippen molar-refractivity contribution in [3.63, 3.8) is 0 Å². The zero-order chi connectivity index (χ0) is 16.0. The number of rotatable bonds is 3.